The second-order valence-electron chi connectivity index (χ2n) is 5.28. The number of nitrogens with one attached hydrogen (secondary N) is 1. The normalized spacial score (nSPS) is 16.8. The van der Waals surface area contributed by atoms with Gasteiger partial charge < -0.3 is 20.3 Å². The van der Waals surface area contributed by atoms with Crippen molar-refractivity contribution in [3.63, 3.8) is 0 Å². The number of benzene rings is 1. The Kier molecular flexibility index (Phi) is 4.39. The van der Waals surface area contributed by atoms with Crippen molar-refractivity contribution in [2.75, 3.05) is 5.32 Å². The monoisotopic (exact) mass is 333 g/mol. The summed E-state index contributed by atoms with van der Waals surface area (Å²) in [5.74, 6) is -3.30. The summed E-state index contributed by atoms with van der Waals surface area (Å²) in [5.41, 5.74) is -1.97. The highest BCUT2D eigenvalue weighted by atomic mass is 19.4. The van der Waals surface area contributed by atoms with Gasteiger partial charge >= 0.3 is 12.3 Å². The molecule has 2 rings (SSSR count). The first-order valence-electron chi connectivity index (χ1n) is 6.78. The maximum Gasteiger partial charge on any atom is 0.573 e. The molecular formula is C14H14F3NO5. The summed E-state index contributed by atoms with van der Waals surface area (Å²) in [6, 6.07) is 2.57. The minimum atomic E-state index is -4.92. The Balaban J connectivity index is 2.23. The number of hydrogen-bond acceptors (Lipinski definition) is 4. The van der Waals surface area contributed by atoms with Crippen LogP contribution < -0.4 is 10.1 Å². The third-order valence-electron chi connectivity index (χ3n) is 3.75. The van der Waals surface area contributed by atoms with E-state index in [0.29, 0.717) is 12.8 Å². The lowest BCUT2D eigenvalue weighted by atomic mass is 9.85. The number of ether oxygens (including phenoxy) is 1. The Morgan fingerprint density at radius 1 is 1.22 bits per heavy atom. The number of carboxylic acid groups (broad SMARTS) is 1. The third-order valence-corrected chi connectivity index (χ3v) is 3.75. The van der Waals surface area contributed by atoms with Gasteiger partial charge in [-0.2, -0.15) is 0 Å². The van der Waals surface area contributed by atoms with Crippen LogP contribution in [0.5, 0.6) is 11.5 Å². The van der Waals surface area contributed by atoms with Crippen LogP contribution in [0.15, 0.2) is 18.2 Å². The molecule has 0 saturated heterocycles. The number of phenolic OH excluding ortho intramolecular Hbond substituents is 1. The van der Waals surface area contributed by atoms with E-state index in [2.05, 4.69) is 10.1 Å². The number of hydrogen-bond donors (Lipinski definition) is 3. The van der Waals surface area contributed by atoms with E-state index in [1.54, 1.807) is 0 Å². The molecule has 0 heterocycles. The highest BCUT2D eigenvalue weighted by Gasteiger charge is 2.48. The summed E-state index contributed by atoms with van der Waals surface area (Å²) in [6.45, 7) is 0. The number of anilines is 1. The van der Waals surface area contributed by atoms with E-state index in [1.165, 1.54) is 0 Å². The predicted octanol–water partition coefficient (Wildman–Crippen LogP) is 2.87. The van der Waals surface area contributed by atoms with Crippen molar-refractivity contribution in [2.45, 2.75) is 32.0 Å². The van der Waals surface area contributed by atoms with Crippen LogP contribution in [0, 0.1) is 5.41 Å². The van der Waals surface area contributed by atoms with Gasteiger partial charge in [0.05, 0.1) is 5.69 Å². The van der Waals surface area contributed by atoms with Crippen molar-refractivity contribution in [3.8, 4) is 11.5 Å². The van der Waals surface area contributed by atoms with Gasteiger partial charge in [-0.05, 0) is 25.0 Å². The van der Waals surface area contributed by atoms with E-state index in [0.717, 1.165) is 18.2 Å². The first-order valence-corrected chi connectivity index (χ1v) is 6.78. The number of rotatable bonds is 4. The lowest BCUT2D eigenvalue weighted by Crippen LogP contribution is -2.40. The molecule has 23 heavy (non-hydrogen) atoms. The standard InChI is InChI=1S/C14H14F3NO5/c15-14(16,17)23-8-3-4-10(19)9(7-8)18-11(20)13(12(21)22)5-1-2-6-13/h3-4,7,19H,1-2,5-6H2,(H,18,20)(H,21,22). The molecule has 0 aromatic heterocycles. The quantitative estimate of drug-likeness (QED) is 0.582. The lowest BCUT2D eigenvalue weighted by Gasteiger charge is -2.23. The Morgan fingerprint density at radius 3 is 2.35 bits per heavy atom. The van der Waals surface area contributed by atoms with Gasteiger partial charge in [0.2, 0.25) is 5.91 Å². The highest BCUT2D eigenvalue weighted by Crippen LogP contribution is 2.40. The molecular weight excluding hydrogens is 319 g/mol. The molecule has 126 valence electrons. The maximum absolute atomic E-state index is 12.3. The molecule has 1 aliphatic carbocycles. The van der Waals surface area contributed by atoms with Crippen LogP contribution >= 0.6 is 0 Å². The van der Waals surface area contributed by atoms with Crippen LogP contribution in [0.2, 0.25) is 0 Å². The van der Waals surface area contributed by atoms with E-state index in [1.807, 2.05) is 0 Å². The third kappa shape index (κ3) is 3.66. The largest absolute Gasteiger partial charge is 0.573 e. The second kappa shape index (κ2) is 5.98. The smallest absolute Gasteiger partial charge is 0.506 e. The Labute approximate surface area is 128 Å². The zero-order valence-electron chi connectivity index (χ0n) is 11.8. The molecule has 0 bridgehead atoms. The molecule has 1 saturated carbocycles. The molecule has 0 unspecified atom stereocenters. The van der Waals surface area contributed by atoms with Crippen LogP contribution in [0.25, 0.3) is 0 Å². The van der Waals surface area contributed by atoms with Crippen LogP contribution in [0.3, 0.4) is 0 Å². The average Bonchev–Trinajstić information content (AvgIpc) is 2.91. The SMILES string of the molecule is O=C(O)C1(C(=O)Nc2cc(OC(F)(F)F)ccc2O)CCCC1. The Morgan fingerprint density at radius 2 is 1.83 bits per heavy atom. The van der Waals surface area contributed by atoms with Crippen molar-refractivity contribution in [1.29, 1.82) is 0 Å². The number of alkyl halides is 3. The zero-order valence-corrected chi connectivity index (χ0v) is 11.8. The van der Waals surface area contributed by atoms with Gasteiger partial charge in [0, 0.05) is 6.07 Å². The Hall–Kier alpha value is -2.45. The predicted molar refractivity (Wildman–Crippen MR) is 72.0 cm³/mol. The molecule has 1 aromatic carbocycles. The van der Waals surface area contributed by atoms with Crippen molar-refractivity contribution in [2.24, 2.45) is 5.41 Å². The topological polar surface area (TPSA) is 95.9 Å². The van der Waals surface area contributed by atoms with Gasteiger partial charge in [0.25, 0.3) is 0 Å². The Bertz CT molecular complexity index is 623. The number of carbonyl (C=O) groups excluding carboxylic acids is 1. The van der Waals surface area contributed by atoms with E-state index < -0.39 is 35.2 Å². The van der Waals surface area contributed by atoms with Gasteiger partial charge in [-0.15, -0.1) is 13.2 Å². The van der Waals surface area contributed by atoms with Gasteiger partial charge in [0.1, 0.15) is 16.9 Å². The van der Waals surface area contributed by atoms with Crippen molar-refractivity contribution < 1.29 is 37.7 Å². The molecule has 1 fully saturated rings. The highest BCUT2D eigenvalue weighted by molar-refractivity contribution is 6.09. The van der Waals surface area contributed by atoms with E-state index in [-0.39, 0.29) is 18.5 Å². The van der Waals surface area contributed by atoms with Crippen molar-refractivity contribution >= 4 is 17.6 Å². The first kappa shape index (κ1) is 16.9. The minimum absolute atomic E-state index is 0.133. The first-order chi connectivity index (χ1) is 10.6. The molecule has 6 nitrogen and oxygen atoms in total. The summed E-state index contributed by atoms with van der Waals surface area (Å²) in [4.78, 5) is 23.7. The fourth-order valence-electron chi connectivity index (χ4n) is 2.57. The summed E-state index contributed by atoms with van der Waals surface area (Å²) in [5, 5.41) is 21.1. The fourth-order valence-corrected chi connectivity index (χ4v) is 2.57. The number of carboxylic acids is 1. The summed E-state index contributed by atoms with van der Waals surface area (Å²) in [6.07, 6.45) is -3.54. The van der Waals surface area contributed by atoms with Gasteiger partial charge in [-0.3, -0.25) is 9.59 Å². The zero-order chi connectivity index (χ0) is 17.3. The molecule has 0 spiro atoms. The number of aromatic hydroxyl groups is 1. The van der Waals surface area contributed by atoms with Gasteiger partial charge in [-0.1, -0.05) is 12.8 Å². The van der Waals surface area contributed by atoms with Crippen molar-refractivity contribution in [3.05, 3.63) is 18.2 Å². The lowest BCUT2D eigenvalue weighted by molar-refractivity contribution is -0.274. The molecule has 9 heteroatoms. The van der Waals surface area contributed by atoms with Crippen LogP contribution in [-0.2, 0) is 9.59 Å². The molecule has 0 radical (unpaired) electrons. The maximum atomic E-state index is 12.3. The number of aliphatic carboxylic acids is 1. The fraction of sp³-hybridized carbons (Fsp3) is 0.429. The second-order valence-corrected chi connectivity index (χ2v) is 5.28. The average molecular weight is 333 g/mol. The summed E-state index contributed by atoms with van der Waals surface area (Å²) < 4.78 is 40.3. The van der Waals surface area contributed by atoms with E-state index >= 15 is 0 Å². The van der Waals surface area contributed by atoms with Crippen LogP contribution in [0.1, 0.15) is 25.7 Å². The molecule has 1 aliphatic rings. The van der Waals surface area contributed by atoms with E-state index in [9.17, 15) is 33.0 Å². The number of amides is 1. The number of halogens is 3. The summed E-state index contributed by atoms with van der Waals surface area (Å²) >= 11 is 0. The molecule has 3 N–H and O–H groups in total. The molecule has 0 atom stereocenters. The molecule has 1 aromatic rings. The van der Waals surface area contributed by atoms with Crippen LogP contribution in [0.4, 0.5) is 18.9 Å². The van der Waals surface area contributed by atoms with Crippen LogP contribution in [-0.4, -0.2) is 28.5 Å². The molecule has 1 amide bonds. The van der Waals surface area contributed by atoms with Gasteiger partial charge in [0.15, 0.2) is 0 Å². The number of phenols is 1. The van der Waals surface area contributed by atoms with Crippen molar-refractivity contribution in [1.82, 2.24) is 0 Å². The van der Waals surface area contributed by atoms with E-state index in [4.69, 9.17) is 0 Å². The minimum Gasteiger partial charge on any atom is -0.506 e. The van der Waals surface area contributed by atoms with Gasteiger partial charge in [-0.25, -0.2) is 0 Å². The summed E-state index contributed by atoms with van der Waals surface area (Å²) in [7, 11) is 0. The number of carbonyl (C=O) groups is 2. The molecule has 0 aliphatic heterocycles.